The molecule has 24 heavy (non-hydrogen) atoms. The van der Waals surface area contributed by atoms with Gasteiger partial charge in [0.15, 0.2) is 34.5 Å². The van der Waals surface area contributed by atoms with Gasteiger partial charge in [-0.05, 0) is 28.8 Å². The first-order valence-electron chi connectivity index (χ1n) is 7.17. The third-order valence-corrected chi connectivity index (χ3v) is 4.36. The van der Waals surface area contributed by atoms with E-state index >= 15 is 0 Å². The molecule has 0 amide bonds. The van der Waals surface area contributed by atoms with Gasteiger partial charge in [-0.2, -0.15) is 0 Å². The number of hydrogen-bond donors (Lipinski definition) is 1. The molecule has 0 aliphatic heterocycles. The Kier molecular flexibility index (Phi) is 5.56. The van der Waals surface area contributed by atoms with Crippen molar-refractivity contribution in [3.63, 3.8) is 0 Å². The van der Waals surface area contributed by atoms with Crippen molar-refractivity contribution in [1.29, 1.82) is 0 Å². The molecule has 1 atom stereocenters. The van der Waals surface area contributed by atoms with Crippen molar-refractivity contribution in [2.45, 2.75) is 0 Å². The van der Waals surface area contributed by atoms with Crippen LogP contribution in [0.3, 0.4) is 0 Å². The van der Waals surface area contributed by atoms with Gasteiger partial charge in [0.1, 0.15) is 0 Å². The van der Waals surface area contributed by atoms with Crippen molar-refractivity contribution in [2.24, 2.45) is 0 Å². The number of benzene rings is 3. The van der Waals surface area contributed by atoms with E-state index in [2.05, 4.69) is 0 Å². The topological polar surface area (TPSA) is 55.8 Å². The molecule has 4 nitrogen and oxygen atoms in total. The summed E-state index contributed by atoms with van der Waals surface area (Å²) in [6.45, 7) is 0. The highest BCUT2D eigenvalue weighted by Gasteiger charge is 2.17. The van der Waals surface area contributed by atoms with Gasteiger partial charge in [0.05, 0.1) is 0 Å². The minimum atomic E-state index is -3.15. The van der Waals surface area contributed by atoms with Gasteiger partial charge in [-0.1, -0.05) is 60.7 Å². The molecule has 0 heterocycles. The Balaban J connectivity index is 2.24. The maximum absolute atomic E-state index is 11.2. The van der Waals surface area contributed by atoms with Gasteiger partial charge in [-0.3, -0.25) is 0 Å². The minimum Gasteiger partial charge on any atom is -0.423 e. The van der Waals surface area contributed by atoms with Gasteiger partial charge in [0, 0.05) is 5.56 Å². The maximum atomic E-state index is 11.2. The van der Waals surface area contributed by atoms with Crippen LogP contribution in [0.15, 0.2) is 72.8 Å². The van der Waals surface area contributed by atoms with Crippen molar-refractivity contribution < 1.29 is 17.0 Å². The lowest BCUT2D eigenvalue weighted by atomic mass is 9.97. The van der Waals surface area contributed by atoms with Crippen LogP contribution in [0.5, 0.6) is 11.5 Å². The van der Waals surface area contributed by atoms with Gasteiger partial charge in [-0.15, -0.1) is 0 Å². The van der Waals surface area contributed by atoms with Crippen LogP contribution in [-0.2, 0) is 4.57 Å². The Morgan fingerprint density at radius 2 is 1.42 bits per heavy atom. The summed E-state index contributed by atoms with van der Waals surface area (Å²) in [6.07, 6.45) is 0. The molecule has 3 aromatic rings. The summed E-state index contributed by atoms with van der Waals surface area (Å²) in [5.74, 6) is 0.671. The van der Waals surface area contributed by atoms with E-state index in [-0.39, 0.29) is 5.75 Å². The van der Waals surface area contributed by atoms with Crippen molar-refractivity contribution >= 4 is 31.3 Å². The van der Waals surface area contributed by atoms with Crippen LogP contribution in [0.1, 0.15) is 0 Å². The average Bonchev–Trinajstić information content (AvgIpc) is 2.62. The summed E-state index contributed by atoms with van der Waals surface area (Å²) in [5, 5.41) is 0. The van der Waals surface area contributed by atoms with E-state index in [0.29, 0.717) is 5.75 Å². The van der Waals surface area contributed by atoms with Crippen LogP contribution in [-0.4, -0.2) is 4.89 Å². The van der Waals surface area contributed by atoms with Gasteiger partial charge in [0.25, 0.3) is 0 Å². The summed E-state index contributed by atoms with van der Waals surface area (Å²) in [4.78, 5) is 9.21. The molecule has 1 unspecified atom stereocenters. The van der Waals surface area contributed by atoms with Crippen molar-refractivity contribution in [3.05, 3.63) is 72.8 Å². The first kappa shape index (κ1) is 17.0. The summed E-state index contributed by atoms with van der Waals surface area (Å²) in [7, 11) is -3.15. The highest BCUT2D eigenvalue weighted by Crippen LogP contribution is 2.45. The standard InChI is InChI=1S/C18H14IO4P/c19-22-18-16(14-9-5-2-6-10-14)11-15(12-17(18)23-24(20)21)13-7-3-1-4-8-13/h1-12,24H,(H,20,21). The average molecular weight is 452 g/mol. The number of halogens is 1. The molecule has 3 aromatic carbocycles. The van der Waals surface area contributed by atoms with E-state index < -0.39 is 8.25 Å². The quantitative estimate of drug-likeness (QED) is 0.410. The van der Waals surface area contributed by atoms with E-state index in [4.69, 9.17) is 7.59 Å². The predicted octanol–water partition coefficient (Wildman–Crippen LogP) is 5.51. The zero-order valence-corrected chi connectivity index (χ0v) is 15.6. The number of rotatable bonds is 5. The summed E-state index contributed by atoms with van der Waals surface area (Å²) in [5.41, 5.74) is 3.59. The Morgan fingerprint density at radius 3 is 1.96 bits per heavy atom. The predicted molar refractivity (Wildman–Crippen MR) is 104 cm³/mol. The lowest BCUT2D eigenvalue weighted by Crippen LogP contribution is -1.91. The van der Waals surface area contributed by atoms with Crippen LogP contribution >= 0.6 is 31.3 Å². The highest BCUT2D eigenvalue weighted by molar-refractivity contribution is 14.1. The summed E-state index contributed by atoms with van der Waals surface area (Å²) < 4.78 is 21.8. The molecule has 0 aromatic heterocycles. The summed E-state index contributed by atoms with van der Waals surface area (Å²) in [6, 6.07) is 23.2. The van der Waals surface area contributed by atoms with Gasteiger partial charge >= 0.3 is 8.25 Å². The van der Waals surface area contributed by atoms with Crippen LogP contribution in [0.25, 0.3) is 22.3 Å². The van der Waals surface area contributed by atoms with Gasteiger partial charge in [-0.25, -0.2) is 4.57 Å². The second kappa shape index (κ2) is 7.83. The van der Waals surface area contributed by atoms with Crippen LogP contribution in [0.2, 0.25) is 0 Å². The fourth-order valence-corrected chi connectivity index (χ4v) is 3.28. The molecule has 0 radical (unpaired) electrons. The lowest BCUT2D eigenvalue weighted by Gasteiger charge is -2.15. The zero-order chi connectivity index (χ0) is 16.9. The number of hydrogen-bond acceptors (Lipinski definition) is 3. The zero-order valence-electron chi connectivity index (χ0n) is 12.5. The Hall–Kier alpha value is -1.82. The van der Waals surface area contributed by atoms with Gasteiger partial charge < -0.3 is 12.5 Å². The second-order valence-corrected chi connectivity index (χ2v) is 6.20. The van der Waals surface area contributed by atoms with Crippen LogP contribution < -0.4 is 7.59 Å². The molecule has 0 aliphatic rings. The molecule has 1 N–H and O–H groups in total. The van der Waals surface area contributed by atoms with E-state index in [1.54, 1.807) is 29.1 Å². The molecule has 0 fully saturated rings. The fourth-order valence-electron chi connectivity index (χ4n) is 2.48. The van der Waals surface area contributed by atoms with Crippen molar-refractivity contribution in [3.8, 4) is 33.8 Å². The molecular weight excluding hydrogens is 438 g/mol. The van der Waals surface area contributed by atoms with Crippen LogP contribution in [0, 0.1) is 0 Å². The largest absolute Gasteiger partial charge is 0.423 e. The Morgan fingerprint density at radius 1 is 0.833 bits per heavy atom. The first-order valence-corrected chi connectivity index (χ1v) is 9.31. The molecule has 3 rings (SSSR count). The van der Waals surface area contributed by atoms with Crippen molar-refractivity contribution in [1.82, 2.24) is 0 Å². The normalized spacial score (nSPS) is 11.8. The van der Waals surface area contributed by atoms with Gasteiger partial charge in [0.2, 0.25) is 0 Å². The lowest BCUT2D eigenvalue weighted by molar-refractivity contribution is 0.406. The second-order valence-electron chi connectivity index (χ2n) is 5.03. The monoisotopic (exact) mass is 452 g/mol. The van der Waals surface area contributed by atoms with Crippen LogP contribution in [0.4, 0.5) is 0 Å². The minimum absolute atomic E-state index is 0.246. The Bertz CT molecular complexity index is 854. The Labute approximate surface area is 154 Å². The third-order valence-electron chi connectivity index (χ3n) is 3.52. The highest BCUT2D eigenvalue weighted by atomic mass is 127. The fraction of sp³-hybridized carbons (Fsp3) is 0. The molecule has 0 saturated heterocycles. The molecule has 0 aliphatic carbocycles. The van der Waals surface area contributed by atoms with E-state index in [0.717, 1.165) is 22.3 Å². The summed E-state index contributed by atoms with van der Waals surface area (Å²) >= 11 is 1.75. The maximum Gasteiger partial charge on any atom is 0.365 e. The molecular formula is C18H14IO4P. The SMILES string of the molecule is O=[PH](O)Oc1cc(-c2ccccc2)cc(-c2ccccc2)c1OI. The van der Waals surface area contributed by atoms with Crippen molar-refractivity contribution in [2.75, 3.05) is 0 Å². The van der Waals surface area contributed by atoms with E-state index in [1.165, 1.54) is 0 Å². The van der Waals surface area contributed by atoms with E-state index in [1.807, 2.05) is 66.7 Å². The molecule has 0 spiro atoms. The smallest absolute Gasteiger partial charge is 0.365 e. The third kappa shape index (κ3) is 3.80. The first-order chi connectivity index (χ1) is 11.7. The molecule has 6 heteroatoms. The molecule has 0 bridgehead atoms. The molecule has 122 valence electrons. The molecule has 0 saturated carbocycles. The van der Waals surface area contributed by atoms with E-state index in [9.17, 15) is 9.46 Å².